The number of ether oxygens (including phenoxy) is 1. The van der Waals surface area contributed by atoms with Gasteiger partial charge in [0.15, 0.2) is 0 Å². The Morgan fingerprint density at radius 2 is 2.00 bits per heavy atom. The highest BCUT2D eigenvalue weighted by Crippen LogP contribution is 2.61. The van der Waals surface area contributed by atoms with Crippen LogP contribution in [0.3, 0.4) is 0 Å². The smallest absolute Gasteiger partial charge is 0.125 e. The van der Waals surface area contributed by atoms with Crippen molar-refractivity contribution in [3.05, 3.63) is 23.9 Å². The van der Waals surface area contributed by atoms with E-state index in [1.54, 1.807) is 7.11 Å². The second-order valence-corrected chi connectivity index (χ2v) is 6.24. The Morgan fingerprint density at radius 3 is 2.65 bits per heavy atom. The molecule has 1 N–H and O–H groups in total. The normalized spacial score (nSPS) is 27.9. The molecule has 20 heavy (non-hydrogen) atoms. The minimum atomic E-state index is 0.820. The molecule has 2 aliphatic carbocycles. The number of hydrogen-bond donors (Lipinski definition) is 1. The van der Waals surface area contributed by atoms with E-state index in [0.717, 1.165) is 49.6 Å². The van der Waals surface area contributed by atoms with E-state index in [2.05, 4.69) is 28.6 Å². The van der Waals surface area contributed by atoms with E-state index in [-0.39, 0.29) is 0 Å². The van der Waals surface area contributed by atoms with Crippen LogP contribution in [-0.2, 0) is 4.74 Å². The maximum Gasteiger partial charge on any atom is 0.125 e. The number of nitrogens with zero attached hydrogens (tertiary/aromatic N) is 1. The zero-order valence-corrected chi connectivity index (χ0v) is 12.5. The number of unbranched alkanes of at least 4 members (excludes halogenated alkanes) is 1. The van der Waals surface area contributed by atoms with Crippen LogP contribution in [0.1, 0.15) is 50.0 Å². The third-order valence-electron chi connectivity index (χ3n) is 4.91. The largest absolute Gasteiger partial charge is 0.385 e. The summed E-state index contributed by atoms with van der Waals surface area (Å²) in [7, 11) is 1.75. The van der Waals surface area contributed by atoms with Gasteiger partial charge >= 0.3 is 0 Å². The van der Waals surface area contributed by atoms with Crippen molar-refractivity contribution in [2.24, 2.45) is 11.8 Å². The number of nitrogens with one attached hydrogen (secondary N) is 1. The minimum absolute atomic E-state index is 0.820. The molecule has 0 aliphatic heterocycles. The van der Waals surface area contributed by atoms with Crippen molar-refractivity contribution in [1.82, 2.24) is 4.98 Å². The minimum Gasteiger partial charge on any atom is -0.385 e. The molecule has 1 aromatic heterocycles. The zero-order valence-electron chi connectivity index (χ0n) is 12.5. The Bertz CT molecular complexity index is 406. The van der Waals surface area contributed by atoms with Crippen molar-refractivity contribution in [1.29, 1.82) is 0 Å². The second-order valence-electron chi connectivity index (χ2n) is 6.24. The number of anilines is 1. The van der Waals surface area contributed by atoms with Gasteiger partial charge in [-0.2, -0.15) is 0 Å². The van der Waals surface area contributed by atoms with Crippen LogP contribution in [0.5, 0.6) is 0 Å². The lowest BCUT2D eigenvalue weighted by Crippen LogP contribution is -2.04. The van der Waals surface area contributed by atoms with Crippen LogP contribution >= 0.6 is 0 Å². The van der Waals surface area contributed by atoms with Gasteiger partial charge in [0.05, 0.1) is 0 Å². The van der Waals surface area contributed by atoms with E-state index in [1.807, 2.05) is 0 Å². The van der Waals surface area contributed by atoms with Crippen molar-refractivity contribution in [3.63, 3.8) is 0 Å². The molecule has 2 saturated carbocycles. The van der Waals surface area contributed by atoms with Crippen LogP contribution in [0.15, 0.2) is 18.3 Å². The lowest BCUT2D eigenvalue weighted by Gasteiger charge is -2.06. The Hall–Kier alpha value is -1.09. The lowest BCUT2D eigenvalue weighted by molar-refractivity contribution is 0.194. The van der Waals surface area contributed by atoms with Gasteiger partial charge in [-0.1, -0.05) is 18.9 Å². The topological polar surface area (TPSA) is 34.1 Å². The lowest BCUT2D eigenvalue weighted by atomic mass is 10.0. The average Bonchev–Trinajstić information content (AvgIpc) is 3.22. The summed E-state index contributed by atoms with van der Waals surface area (Å²) < 4.78 is 5.05. The zero-order chi connectivity index (χ0) is 13.8. The summed E-state index contributed by atoms with van der Waals surface area (Å²) in [5, 5.41) is 3.39. The van der Waals surface area contributed by atoms with Gasteiger partial charge in [0.1, 0.15) is 5.82 Å². The van der Waals surface area contributed by atoms with E-state index in [9.17, 15) is 0 Å². The molecule has 0 amide bonds. The van der Waals surface area contributed by atoms with Gasteiger partial charge in [-0.25, -0.2) is 4.98 Å². The Morgan fingerprint density at radius 1 is 1.20 bits per heavy atom. The van der Waals surface area contributed by atoms with Gasteiger partial charge in [0.25, 0.3) is 0 Å². The van der Waals surface area contributed by atoms with Crippen LogP contribution < -0.4 is 5.32 Å². The summed E-state index contributed by atoms with van der Waals surface area (Å²) in [6.07, 6.45) is 10.1. The van der Waals surface area contributed by atoms with E-state index in [0.29, 0.717) is 0 Å². The molecule has 0 spiro atoms. The molecule has 2 fully saturated rings. The number of fused-ring (bicyclic) bond motifs is 1. The third kappa shape index (κ3) is 3.14. The quantitative estimate of drug-likeness (QED) is 0.767. The monoisotopic (exact) mass is 274 g/mol. The van der Waals surface area contributed by atoms with Gasteiger partial charge in [0, 0.05) is 26.5 Å². The van der Waals surface area contributed by atoms with Gasteiger partial charge in [-0.05, 0) is 55.1 Å². The van der Waals surface area contributed by atoms with E-state index in [1.165, 1.54) is 31.2 Å². The summed E-state index contributed by atoms with van der Waals surface area (Å²) in [5.41, 5.74) is 1.46. The van der Waals surface area contributed by atoms with Crippen LogP contribution in [-0.4, -0.2) is 25.2 Å². The summed E-state index contributed by atoms with van der Waals surface area (Å²) in [6.45, 7) is 1.82. The van der Waals surface area contributed by atoms with Crippen LogP contribution in [0, 0.1) is 11.8 Å². The molecular formula is C17H26N2O. The maximum absolute atomic E-state index is 5.05. The highest BCUT2D eigenvalue weighted by Gasteiger charge is 2.51. The van der Waals surface area contributed by atoms with Crippen molar-refractivity contribution in [2.45, 2.75) is 44.4 Å². The fraction of sp³-hybridized carbons (Fsp3) is 0.706. The number of hydrogen-bond acceptors (Lipinski definition) is 3. The molecule has 0 bridgehead atoms. The summed E-state index contributed by atoms with van der Waals surface area (Å²) in [4.78, 5) is 4.57. The molecule has 1 unspecified atom stereocenters. The van der Waals surface area contributed by atoms with Crippen LogP contribution in [0.25, 0.3) is 0 Å². The highest BCUT2D eigenvalue weighted by atomic mass is 16.5. The number of rotatable bonds is 7. The Labute approximate surface area is 122 Å². The second kappa shape index (κ2) is 6.57. The fourth-order valence-electron chi connectivity index (χ4n) is 3.78. The van der Waals surface area contributed by atoms with Gasteiger partial charge in [-0.15, -0.1) is 0 Å². The SMILES string of the molecule is COCCCCNc1ccc(C2[C@H]3CCCC[C@@H]23)cn1. The van der Waals surface area contributed by atoms with E-state index in [4.69, 9.17) is 4.74 Å². The van der Waals surface area contributed by atoms with Crippen molar-refractivity contribution in [2.75, 3.05) is 25.6 Å². The van der Waals surface area contributed by atoms with Gasteiger partial charge in [0.2, 0.25) is 0 Å². The summed E-state index contributed by atoms with van der Waals surface area (Å²) >= 11 is 0. The molecule has 1 aromatic rings. The van der Waals surface area contributed by atoms with Crippen molar-refractivity contribution < 1.29 is 4.74 Å². The predicted octanol–water partition coefficient (Wildman–Crippen LogP) is 3.82. The molecule has 3 nitrogen and oxygen atoms in total. The first-order valence-electron chi connectivity index (χ1n) is 8.09. The van der Waals surface area contributed by atoms with Crippen molar-refractivity contribution >= 4 is 5.82 Å². The molecule has 3 rings (SSSR count). The maximum atomic E-state index is 5.05. The molecule has 0 radical (unpaired) electrons. The number of aromatic nitrogens is 1. The molecule has 0 saturated heterocycles. The molecule has 1 heterocycles. The predicted molar refractivity (Wildman–Crippen MR) is 82.0 cm³/mol. The highest BCUT2D eigenvalue weighted by molar-refractivity contribution is 5.38. The molecule has 110 valence electrons. The van der Waals surface area contributed by atoms with Gasteiger partial charge < -0.3 is 10.1 Å². The Balaban J connectivity index is 1.46. The first kappa shape index (κ1) is 13.9. The number of pyridine rings is 1. The Kier molecular flexibility index (Phi) is 4.56. The molecule has 0 aromatic carbocycles. The first-order valence-corrected chi connectivity index (χ1v) is 8.09. The standard InChI is InChI=1S/C17H26N2O/c1-20-11-5-4-10-18-16-9-8-13(12-19-16)17-14-6-2-3-7-15(14)17/h8-9,12,14-15,17H,2-7,10-11H2,1H3,(H,18,19)/t14-,15+,17?. The first-order chi connectivity index (χ1) is 9.90. The molecule has 3 heteroatoms. The van der Waals surface area contributed by atoms with E-state index >= 15 is 0 Å². The van der Waals surface area contributed by atoms with E-state index < -0.39 is 0 Å². The summed E-state index contributed by atoms with van der Waals surface area (Å²) in [6, 6.07) is 4.43. The van der Waals surface area contributed by atoms with Gasteiger partial charge in [-0.3, -0.25) is 0 Å². The third-order valence-corrected chi connectivity index (χ3v) is 4.91. The van der Waals surface area contributed by atoms with Crippen LogP contribution in [0.4, 0.5) is 5.82 Å². The average molecular weight is 274 g/mol. The molecule has 3 atom stereocenters. The van der Waals surface area contributed by atoms with Crippen LogP contribution in [0.2, 0.25) is 0 Å². The fourth-order valence-corrected chi connectivity index (χ4v) is 3.78. The molecular weight excluding hydrogens is 248 g/mol. The number of methoxy groups -OCH3 is 1. The summed E-state index contributed by atoms with van der Waals surface area (Å²) in [5.74, 6) is 3.77. The molecule has 2 aliphatic rings. The van der Waals surface area contributed by atoms with Crippen molar-refractivity contribution in [3.8, 4) is 0 Å².